The first kappa shape index (κ1) is 52.4. The number of carboxylic acid groups (broad SMARTS) is 4. The summed E-state index contributed by atoms with van der Waals surface area (Å²) < 4.78 is 1.35. The summed E-state index contributed by atoms with van der Waals surface area (Å²) in [6, 6.07) is 15.5. The molecule has 0 bridgehead atoms. The number of aliphatic carboxylic acids is 4. The van der Waals surface area contributed by atoms with E-state index >= 15 is 0 Å². The molecule has 0 unspecified atom stereocenters. The van der Waals surface area contributed by atoms with Gasteiger partial charge in [-0.3, -0.25) is 43.8 Å². The number of rotatable bonds is 19. The minimum Gasteiger partial charge on any atom is -0.480 e. The van der Waals surface area contributed by atoms with E-state index in [1.54, 1.807) is 12.1 Å². The van der Waals surface area contributed by atoms with E-state index in [0.29, 0.717) is 37.4 Å². The molecule has 0 aliphatic carbocycles. The number of carboxylic acids is 4. The minimum absolute atomic E-state index is 0.0339. The number of nitrogens with two attached hydrogens (primary N) is 1. The lowest BCUT2D eigenvalue weighted by Gasteiger charge is -2.75. The van der Waals surface area contributed by atoms with Crippen LogP contribution in [-0.2, 0) is 50.8 Å². The van der Waals surface area contributed by atoms with Crippen LogP contribution in [0.4, 0.5) is 5.69 Å². The second-order valence-corrected chi connectivity index (χ2v) is 22.2. The quantitative estimate of drug-likeness (QED) is 0.0715. The molecular weight excluding hydrogens is 924 g/mol. The number of halogens is 2. The fourth-order valence-corrected chi connectivity index (χ4v) is 12.3. The molecule has 62 heavy (non-hydrogen) atoms. The van der Waals surface area contributed by atoms with Gasteiger partial charge in [0.15, 0.2) is 0 Å². The van der Waals surface area contributed by atoms with Crippen molar-refractivity contribution in [2.45, 2.75) is 120 Å². The molecule has 0 aliphatic rings. The standard InChI is InChI=1S/C46H66Br2N6O8/c1-41(2,3)45(42(4,5)6,29-13-15-32(49)16-14-29)46(43(7,8)9,44(10,11)12)54(23-35-19-30(47)17-33(50-35)21-52(25-37(55)56)26-38(57)58)24-36-20-31(48)18-34(51-36)22-53(27-39(59)60)28-40(61)62/h13-20H,21-28,49H2,1-12H3,(H,55,56)(H,57,58)(H,59,60)(H,61,62). The molecule has 6 N–H and O–H groups in total. The van der Waals surface area contributed by atoms with Crippen molar-refractivity contribution in [1.29, 1.82) is 0 Å². The number of anilines is 1. The number of aromatic nitrogens is 2. The Kier molecular flexibility index (Phi) is 16.8. The Labute approximate surface area is 383 Å². The van der Waals surface area contributed by atoms with Gasteiger partial charge in [0.25, 0.3) is 0 Å². The summed E-state index contributed by atoms with van der Waals surface area (Å²) >= 11 is 7.37. The van der Waals surface area contributed by atoms with E-state index in [4.69, 9.17) is 15.7 Å². The first-order chi connectivity index (χ1) is 28.2. The van der Waals surface area contributed by atoms with Crippen LogP contribution in [0.1, 0.15) is 111 Å². The molecule has 0 saturated heterocycles. The summed E-state index contributed by atoms with van der Waals surface area (Å²) in [7, 11) is 0. The first-order valence-electron chi connectivity index (χ1n) is 20.5. The van der Waals surface area contributed by atoms with E-state index in [0.717, 1.165) is 5.56 Å². The predicted molar refractivity (Wildman–Crippen MR) is 247 cm³/mol. The summed E-state index contributed by atoms with van der Waals surface area (Å²) in [6.45, 7) is 25.7. The fourth-order valence-electron chi connectivity index (χ4n) is 11.2. The van der Waals surface area contributed by atoms with Crippen LogP contribution in [-0.4, -0.2) is 101 Å². The predicted octanol–water partition coefficient (Wildman–Crippen LogP) is 8.39. The van der Waals surface area contributed by atoms with Gasteiger partial charge >= 0.3 is 23.9 Å². The fraction of sp³-hybridized carbons (Fsp3) is 0.565. The molecule has 0 saturated carbocycles. The van der Waals surface area contributed by atoms with Crippen LogP contribution in [0.15, 0.2) is 57.5 Å². The average molecular weight is 991 g/mol. The van der Waals surface area contributed by atoms with Gasteiger partial charge in [0, 0.05) is 51.8 Å². The lowest BCUT2D eigenvalue weighted by atomic mass is 9.34. The summed E-state index contributed by atoms with van der Waals surface area (Å²) in [5, 5.41) is 38.5. The van der Waals surface area contributed by atoms with Crippen molar-refractivity contribution in [2.75, 3.05) is 31.9 Å². The van der Waals surface area contributed by atoms with Crippen LogP contribution >= 0.6 is 31.9 Å². The lowest BCUT2D eigenvalue weighted by Crippen LogP contribution is -2.80. The van der Waals surface area contributed by atoms with Crippen LogP contribution in [0.5, 0.6) is 0 Å². The molecular formula is C46H66Br2N6O8. The van der Waals surface area contributed by atoms with Gasteiger partial charge in [0.2, 0.25) is 0 Å². The van der Waals surface area contributed by atoms with Crippen molar-refractivity contribution >= 4 is 61.4 Å². The molecule has 3 rings (SSSR count). The molecule has 0 radical (unpaired) electrons. The van der Waals surface area contributed by atoms with Crippen LogP contribution in [0, 0.1) is 21.7 Å². The summed E-state index contributed by atoms with van der Waals surface area (Å²) in [5.74, 6) is -4.64. The molecule has 3 aromatic rings. The maximum atomic E-state index is 11.8. The van der Waals surface area contributed by atoms with Crippen LogP contribution in [0.3, 0.4) is 0 Å². The number of hydrogen-bond acceptors (Lipinski definition) is 10. The van der Waals surface area contributed by atoms with Gasteiger partial charge in [-0.25, -0.2) is 0 Å². The van der Waals surface area contributed by atoms with Crippen molar-refractivity contribution in [3.05, 3.63) is 85.8 Å². The average Bonchev–Trinajstić information content (AvgIpc) is 3.03. The van der Waals surface area contributed by atoms with Crippen molar-refractivity contribution < 1.29 is 39.6 Å². The van der Waals surface area contributed by atoms with Crippen molar-refractivity contribution in [2.24, 2.45) is 21.7 Å². The summed E-state index contributed by atoms with van der Waals surface area (Å²) in [5.41, 5.74) is 6.76. The lowest BCUT2D eigenvalue weighted by molar-refractivity contribution is -0.215. The molecule has 342 valence electrons. The van der Waals surface area contributed by atoms with E-state index in [1.807, 2.05) is 24.3 Å². The molecule has 16 heteroatoms. The highest BCUT2D eigenvalue weighted by Crippen LogP contribution is 2.70. The minimum atomic E-state index is -1.16. The van der Waals surface area contributed by atoms with Gasteiger partial charge in [-0.1, -0.05) is 127 Å². The zero-order chi connectivity index (χ0) is 47.4. The van der Waals surface area contributed by atoms with E-state index in [9.17, 15) is 39.6 Å². The number of hydrogen-bond donors (Lipinski definition) is 5. The third-order valence-corrected chi connectivity index (χ3v) is 12.4. The van der Waals surface area contributed by atoms with Gasteiger partial charge in [-0.2, -0.15) is 0 Å². The summed E-state index contributed by atoms with van der Waals surface area (Å²) in [6.07, 6.45) is 0. The molecule has 0 aliphatic heterocycles. The maximum Gasteiger partial charge on any atom is 0.317 e. The Balaban J connectivity index is 2.57. The molecule has 2 heterocycles. The normalized spacial score (nSPS) is 13.2. The van der Waals surface area contributed by atoms with E-state index < -0.39 is 82.7 Å². The van der Waals surface area contributed by atoms with Crippen molar-refractivity contribution in [1.82, 2.24) is 24.7 Å². The molecule has 0 spiro atoms. The monoisotopic (exact) mass is 988 g/mol. The molecule has 2 aromatic heterocycles. The van der Waals surface area contributed by atoms with Gasteiger partial charge in [-0.05, 0) is 63.6 Å². The zero-order valence-electron chi connectivity index (χ0n) is 38.3. The maximum absolute atomic E-state index is 11.8. The molecule has 1 aromatic carbocycles. The number of nitrogen functional groups attached to an aromatic ring is 1. The SMILES string of the molecule is CC(C)(C)C(c1ccc(N)cc1)(C(C)(C)C)C(N(Cc1cc(Br)cc(CN(CC(=O)O)CC(=O)O)n1)Cc1cc(Br)cc(CN(CC(=O)O)CC(=O)O)n1)(C(C)(C)C)C(C)(C)C. The van der Waals surface area contributed by atoms with Gasteiger partial charge < -0.3 is 26.2 Å². The largest absolute Gasteiger partial charge is 0.480 e. The van der Waals surface area contributed by atoms with Gasteiger partial charge in [-0.15, -0.1) is 0 Å². The highest BCUT2D eigenvalue weighted by molar-refractivity contribution is 9.10. The molecule has 0 amide bonds. The Bertz CT molecular complexity index is 1940. The number of pyridine rings is 2. The first-order valence-corrected chi connectivity index (χ1v) is 22.1. The number of nitrogens with zero attached hydrogens (tertiary/aromatic N) is 5. The Morgan fingerprint density at radius 2 is 0.806 bits per heavy atom. The van der Waals surface area contributed by atoms with Gasteiger partial charge in [0.1, 0.15) is 0 Å². The number of carbonyl (C=O) groups is 4. The molecule has 0 atom stereocenters. The molecule has 14 nitrogen and oxygen atoms in total. The second-order valence-electron chi connectivity index (χ2n) is 20.3. The molecule has 0 fully saturated rings. The second kappa shape index (κ2) is 19.8. The van der Waals surface area contributed by atoms with Crippen molar-refractivity contribution in [3.63, 3.8) is 0 Å². The van der Waals surface area contributed by atoms with Crippen molar-refractivity contribution in [3.8, 4) is 0 Å². The smallest absolute Gasteiger partial charge is 0.317 e. The van der Waals surface area contributed by atoms with Gasteiger partial charge in [0.05, 0.1) is 49.0 Å². The highest BCUT2D eigenvalue weighted by atomic mass is 79.9. The van der Waals surface area contributed by atoms with Crippen LogP contribution in [0.25, 0.3) is 0 Å². The van der Waals surface area contributed by atoms with E-state index in [1.165, 1.54) is 9.80 Å². The third kappa shape index (κ3) is 12.0. The zero-order valence-corrected chi connectivity index (χ0v) is 41.4. The number of benzene rings is 1. The topological polar surface area (TPSA) is 211 Å². The van der Waals surface area contributed by atoms with Crippen LogP contribution < -0.4 is 5.73 Å². The van der Waals surface area contributed by atoms with E-state index in [2.05, 4.69) is 132 Å². The van der Waals surface area contributed by atoms with Crippen LogP contribution in [0.2, 0.25) is 0 Å². The Hall–Kier alpha value is -3.96. The summed E-state index contributed by atoms with van der Waals surface area (Å²) in [4.78, 5) is 62.4. The Morgan fingerprint density at radius 3 is 1.06 bits per heavy atom. The Morgan fingerprint density at radius 1 is 0.516 bits per heavy atom. The third-order valence-electron chi connectivity index (χ3n) is 11.5. The highest BCUT2D eigenvalue weighted by Gasteiger charge is 2.73. The van der Waals surface area contributed by atoms with E-state index in [-0.39, 0.29) is 26.2 Å².